The number of carbonyl (C=O) groups is 2. The van der Waals surface area contributed by atoms with E-state index in [0.717, 1.165) is 0 Å². The van der Waals surface area contributed by atoms with Gasteiger partial charge in [-0.25, -0.2) is 4.98 Å². The molecule has 1 fully saturated rings. The largest absolute Gasteiger partial charge is 0.465 e. The van der Waals surface area contributed by atoms with Crippen LogP contribution < -0.4 is 5.32 Å². The monoisotopic (exact) mass is 283 g/mol. The SMILES string of the molecule is CCOC(=O)C1(C(=O)NCc2nccnc2Cl)CC1. The molecule has 1 aromatic heterocycles. The molecule has 0 radical (unpaired) electrons. The Balaban J connectivity index is 1.95. The zero-order chi connectivity index (χ0) is 13.9. The van der Waals surface area contributed by atoms with E-state index in [0.29, 0.717) is 18.5 Å². The van der Waals surface area contributed by atoms with Gasteiger partial charge < -0.3 is 10.1 Å². The van der Waals surface area contributed by atoms with Crippen LogP contribution in [0.5, 0.6) is 0 Å². The van der Waals surface area contributed by atoms with Crippen LogP contribution in [0.15, 0.2) is 12.4 Å². The summed E-state index contributed by atoms with van der Waals surface area (Å²) in [6.07, 6.45) is 4.00. The quantitative estimate of drug-likeness (QED) is 0.646. The highest BCUT2D eigenvalue weighted by molar-refractivity contribution is 6.30. The summed E-state index contributed by atoms with van der Waals surface area (Å²) in [5.74, 6) is -0.801. The van der Waals surface area contributed by atoms with Crippen molar-refractivity contribution in [2.45, 2.75) is 26.3 Å². The molecule has 0 bridgehead atoms. The van der Waals surface area contributed by atoms with Gasteiger partial charge in [-0.15, -0.1) is 0 Å². The van der Waals surface area contributed by atoms with E-state index < -0.39 is 11.4 Å². The van der Waals surface area contributed by atoms with Gasteiger partial charge in [-0.2, -0.15) is 0 Å². The maximum Gasteiger partial charge on any atom is 0.321 e. The molecule has 2 rings (SSSR count). The highest BCUT2D eigenvalue weighted by Crippen LogP contribution is 2.47. The molecule has 0 spiro atoms. The molecule has 1 heterocycles. The molecular weight excluding hydrogens is 270 g/mol. The third kappa shape index (κ3) is 2.84. The number of hydrogen-bond donors (Lipinski definition) is 1. The number of amides is 1. The molecule has 0 unspecified atom stereocenters. The summed E-state index contributed by atoms with van der Waals surface area (Å²) in [6.45, 7) is 2.13. The van der Waals surface area contributed by atoms with Gasteiger partial charge in [-0.1, -0.05) is 11.6 Å². The van der Waals surface area contributed by atoms with Crippen LogP contribution in [0.3, 0.4) is 0 Å². The first-order valence-electron chi connectivity index (χ1n) is 6.01. The van der Waals surface area contributed by atoms with Gasteiger partial charge in [-0.3, -0.25) is 14.6 Å². The molecule has 1 aliphatic rings. The van der Waals surface area contributed by atoms with Crippen LogP contribution >= 0.6 is 11.6 Å². The number of ether oxygens (including phenoxy) is 1. The molecule has 1 aromatic rings. The predicted molar refractivity (Wildman–Crippen MR) is 67.2 cm³/mol. The highest BCUT2D eigenvalue weighted by atomic mass is 35.5. The number of esters is 1. The molecule has 0 aliphatic heterocycles. The minimum atomic E-state index is -1.01. The van der Waals surface area contributed by atoms with Crippen LogP contribution in [0, 0.1) is 5.41 Å². The van der Waals surface area contributed by atoms with Crippen LogP contribution in [0.25, 0.3) is 0 Å². The van der Waals surface area contributed by atoms with E-state index in [-0.39, 0.29) is 24.2 Å². The second-order valence-electron chi connectivity index (χ2n) is 4.28. The molecule has 102 valence electrons. The fraction of sp³-hybridized carbons (Fsp3) is 0.500. The highest BCUT2D eigenvalue weighted by Gasteiger charge is 2.57. The summed E-state index contributed by atoms with van der Waals surface area (Å²) in [5, 5.41) is 2.89. The van der Waals surface area contributed by atoms with Crippen molar-refractivity contribution in [1.82, 2.24) is 15.3 Å². The number of rotatable bonds is 5. The molecule has 6 nitrogen and oxygen atoms in total. The normalized spacial score (nSPS) is 15.7. The first-order chi connectivity index (χ1) is 9.10. The Kier molecular flexibility index (Phi) is 3.99. The van der Waals surface area contributed by atoms with E-state index in [1.165, 1.54) is 12.4 Å². The lowest BCUT2D eigenvalue weighted by molar-refractivity contribution is -0.154. The minimum absolute atomic E-state index is 0.145. The summed E-state index contributed by atoms with van der Waals surface area (Å²) >= 11 is 5.83. The van der Waals surface area contributed by atoms with Crippen molar-refractivity contribution in [2.75, 3.05) is 6.61 Å². The van der Waals surface area contributed by atoms with Crippen molar-refractivity contribution in [1.29, 1.82) is 0 Å². The first kappa shape index (κ1) is 13.7. The van der Waals surface area contributed by atoms with Crippen molar-refractivity contribution < 1.29 is 14.3 Å². The van der Waals surface area contributed by atoms with Crippen LogP contribution in [-0.2, 0) is 20.9 Å². The maximum absolute atomic E-state index is 12.0. The van der Waals surface area contributed by atoms with Crippen LogP contribution in [0.4, 0.5) is 0 Å². The van der Waals surface area contributed by atoms with E-state index in [4.69, 9.17) is 16.3 Å². The van der Waals surface area contributed by atoms with E-state index in [1.54, 1.807) is 6.92 Å². The van der Waals surface area contributed by atoms with E-state index in [9.17, 15) is 9.59 Å². The van der Waals surface area contributed by atoms with Crippen molar-refractivity contribution in [3.05, 3.63) is 23.2 Å². The Bertz CT molecular complexity index is 503. The van der Waals surface area contributed by atoms with Crippen molar-refractivity contribution in [2.24, 2.45) is 5.41 Å². The molecule has 19 heavy (non-hydrogen) atoms. The molecular formula is C12H14ClN3O3. The third-order valence-corrected chi connectivity index (χ3v) is 3.31. The maximum atomic E-state index is 12.0. The number of halogens is 1. The first-order valence-corrected chi connectivity index (χ1v) is 6.39. The topological polar surface area (TPSA) is 81.2 Å². The van der Waals surface area contributed by atoms with Gasteiger partial charge in [0.15, 0.2) is 5.15 Å². The summed E-state index contributed by atoms with van der Waals surface area (Å²) in [4.78, 5) is 31.6. The standard InChI is InChI=1S/C12H14ClN3O3/c1-2-19-11(18)12(3-4-12)10(17)16-7-8-9(13)15-6-5-14-8/h5-6H,2-4,7H2,1H3,(H,16,17). The lowest BCUT2D eigenvalue weighted by atomic mass is 10.1. The zero-order valence-electron chi connectivity index (χ0n) is 10.5. The lowest BCUT2D eigenvalue weighted by Gasteiger charge is -2.13. The molecule has 1 aliphatic carbocycles. The summed E-state index contributed by atoms with van der Waals surface area (Å²) in [6, 6.07) is 0. The molecule has 0 aromatic carbocycles. The van der Waals surface area contributed by atoms with E-state index >= 15 is 0 Å². The van der Waals surface area contributed by atoms with Gasteiger partial charge in [0.1, 0.15) is 5.41 Å². The van der Waals surface area contributed by atoms with Gasteiger partial charge in [0.2, 0.25) is 5.91 Å². The Morgan fingerprint density at radius 3 is 2.68 bits per heavy atom. The smallest absolute Gasteiger partial charge is 0.321 e. The van der Waals surface area contributed by atoms with Gasteiger partial charge in [-0.05, 0) is 19.8 Å². The molecule has 1 amide bonds. The van der Waals surface area contributed by atoms with E-state index in [1.807, 2.05) is 0 Å². The fourth-order valence-electron chi connectivity index (χ4n) is 1.72. The van der Waals surface area contributed by atoms with Gasteiger partial charge in [0.05, 0.1) is 18.8 Å². The Hall–Kier alpha value is -1.69. The minimum Gasteiger partial charge on any atom is -0.465 e. The number of aromatic nitrogens is 2. The zero-order valence-corrected chi connectivity index (χ0v) is 11.2. The van der Waals surface area contributed by atoms with Gasteiger partial charge >= 0.3 is 5.97 Å². The Morgan fingerprint density at radius 1 is 1.42 bits per heavy atom. The third-order valence-electron chi connectivity index (χ3n) is 2.99. The number of nitrogens with zero attached hydrogens (tertiary/aromatic N) is 2. The lowest BCUT2D eigenvalue weighted by Crippen LogP contribution is -2.38. The van der Waals surface area contributed by atoms with Crippen molar-refractivity contribution in [3.63, 3.8) is 0 Å². The number of carbonyl (C=O) groups excluding carboxylic acids is 2. The second kappa shape index (κ2) is 5.52. The second-order valence-corrected chi connectivity index (χ2v) is 4.64. The Labute approximate surface area is 115 Å². The number of hydrogen-bond acceptors (Lipinski definition) is 5. The van der Waals surface area contributed by atoms with Crippen molar-refractivity contribution >= 4 is 23.5 Å². The fourth-order valence-corrected chi connectivity index (χ4v) is 1.89. The van der Waals surface area contributed by atoms with Gasteiger partial charge in [0.25, 0.3) is 0 Å². The van der Waals surface area contributed by atoms with Crippen LogP contribution in [0.1, 0.15) is 25.5 Å². The van der Waals surface area contributed by atoms with Crippen molar-refractivity contribution in [3.8, 4) is 0 Å². The Morgan fingerprint density at radius 2 is 2.11 bits per heavy atom. The van der Waals surface area contributed by atoms with E-state index in [2.05, 4.69) is 15.3 Å². The van der Waals surface area contributed by atoms with Crippen LogP contribution in [-0.4, -0.2) is 28.5 Å². The predicted octanol–water partition coefficient (Wildman–Crippen LogP) is 1.09. The molecule has 1 N–H and O–H groups in total. The molecule has 0 atom stereocenters. The molecule has 7 heteroatoms. The average molecular weight is 284 g/mol. The van der Waals surface area contributed by atoms with Gasteiger partial charge in [0, 0.05) is 12.4 Å². The van der Waals surface area contributed by atoms with Crippen LogP contribution in [0.2, 0.25) is 5.15 Å². The number of nitrogens with one attached hydrogen (secondary N) is 1. The molecule has 0 saturated heterocycles. The summed E-state index contributed by atoms with van der Waals surface area (Å²) < 4.78 is 4.91. The average Bonchev–Trinajstić information content (AvgIpc) is 3.19. The summed E-state index contributed by atoms with van der Waals surface area (Å²) in [7, 11) is 0. The molecule has 1 saturated carbocycles. The summed E-state index contributed by atoms with van der Waals surface area (Å²) in [5.41, 5.74) is -0.540.